The summed E-state index contributed by atoms with van der Waals surface area (Å²) in [6, 6.07) is 6.15. The fourth-order valence-electron chi connectivity index (χ4n) is 3.53. The summed E-state index contributed by atoms with van der Waals surface area (Å²) >= 11 is 0. The zero-order valence-electron chi connectivity index (χ0n) is 14.8. The minimum Gasteiger partial charge on any atom is -0.383 e. The third-order valence-electron chi connectivity index (χ3n) is 4.82. The summed E-state index contributed by atoms with van der Waals surface area (Å²) in [4.78, 5) is 16.2. The largest absolute Gasteiger partial charge is 0.383 e. The normalized spacial score (nSPS) is 16.7. The highest BCUT2D eigenvalue weighted by Gasteiger charge is 2.23. The lowest BCUT2D eigenvalue weighted by atomic mass is 10.2. The van der Waals surface area contributed by atoms with Crippen LogP contribution < -0.4 is 11.1 Å². The van der Waals surface area contributed by atoms with Gasteiger partial charge in [0.05, 0.1) is 22.5 Å². The van der Waals surface area contributed by atoms with Gasteiger partial charge in [-0.2, -0.15) is 5.10 Å². The van der Waals surface area contributed by atoms with Gasteiger partial charge in [-0.25, -0.2) is 19.6 Å². The Morgan fingerprint density at radius 3 is 3.04 bits per heavy atom. The number of nitrogens with zero attached hydrogens (tertiary/aromatic N) is 5. The van der Waals surface area contributed by atoms with E-state index in [9.17, 15) is 0 Å². The summed E-state index contributed by atoms with van der Waals surface area (Å²) in [5.41, 5.74) is 10.2. The van der Waals surface area contributed by atoms with E-state index in [1.54, 1.807) is 0 Å². The zero-order chi connectivity index (χ0) is 18.4. The number of aromatic nitrogens is 6. The summed E-state index contributed by atoms with van der Waals surface area (Å²) in [6.45, 7) is 3.77. The average Bonchev–Trinajstić information content (AvgIpc) is 3.37. The number of nitrogens with one attached hydrogen (secondary N) is 2. The van der Waals surface area contributed by atoms with Crippen molar-refractivity contribution >= 4 is 27.9 Å². The van der Waals surface area contributed by atoms with Crippen molar-refractivity contribution in [2.24, 2.45) is 0 Å². The summed E-state index contributed by atoms with van der Waals surface area (Å²) in [7, 11) is 0. The number of H-pyrrole nitrogens is 1. The van der Waals surface area contributed by atoms with Gasteiger partial charge in [0.15, 0.2) is 5.65 Å². The third kappa shape index (κ3) is 2.69. The molecular weight excluding hydrogens is 340 g/mol. The van der Waals surface area contributed by atoms with E-state index in [0.717, 1.165) is 53.0 Å². The van der Waals surface area contributed by atoms with Crippen molar-refractivity contribution in [1.82, 2.24) is 35.0 Å². The van der Waals surface area contributed by atoms with Crippen LogP contribution in [0.5, 0.6) is 0 Å². The molecule has 0 spiro atoms. The second-order valence-electron chi connectivity index (χ2n) is 6.70. The quantitative estimate of drug-likeness (QED) is 0.445. The van der Waals surface area contributed by atoms with E-state index < -0.39 is 0 Å². The maximum atomic E-state index is 6.11. The van der Waals surface area contributed by atoms with E-state index in [-0.39, 0.29) is 6.04 Å². The summed E-state index contributed by atoms with van der Waals surface area (Å²) < 4.78 is 1.93. The lowest BCUT2D eigenvalue weighted by Gasteiger charge is -2.09. The van der Waals surface area contributed by atoms with Gasteiger partial charge in [0, 0.05) is 12.1 Å². The minimum absolute atomic E-state index is 0.252. The fraction of sp³-hybridized carbons (Fsp3) is 0.263. The Balaban J connectivity index is 1.61. The van der Waals surface area contributed by atoms with E-state index >= 15 is 0 Å². The van der Waals surface area contributed by atoms with Crippen molar-refractivity contribution in [3.05, 3.63) is 41.6 Å². The number of hydrogen-bond donors (Lipinski definition) is 3. The number of fused-ring (bicyclic) bond motifs is 2. The van der Waals surface area contributed by atoms with Gasteiger partial charge in [-0.1, -0.05) is 5.92 Å². The van der Waals surface area contributed by atoms with Gasteiger partial charge in [0.1, 0.15) is 23.7 Å². The molecule has 0 amide bonds. The molecule has 4 aromatic rings. The van der Waals surface area contributed by atoms with Gasteiger partial charge in [-0.15, -0.1) is 0 Å². The van der Waals surface area contributed by atoms with E-state index in [1.807, 2.05) is 29.8 Å². The Labute approximate surface area is 155 Å². The number of hydrogen-bond acceptors (Lipinski definition) is 6. The lowest BCUT2D eigenvalue weighted by molar-refractivity contribution is 0.502. The molecule has 1 atom stereocenters. The number of imidazole rings is 1. The molecule has 0 radical (unpaired) electrons. The molecule has 1 fully saturated rings. The molecule has 8 heteroatoms. The maximum Gasteiger partial charge on any atom is 0.164 e. The number of nitrogen functional groups attached to an aromatic ring is 1. The third-order valence-corrected chi connectivity index (χ3v) is 4.82. The predicted octanol–water partition coefficient (Wildman–Crippen LogP) is 1.53. The van der Waals surface area contributed by atoms with Crippen LogP contribution in [0.25, 0.3) is 22.1 Å². The van der Waals surface area contributed by atoms with Crippen LogP contribution in [0.15, 0.2) is 24.5 Å². The monoisotopic (exact) mass is 358 g/mol. The molecule has 0 saturated carbocycles. The zero-order valence-corrected chi connectivity index (χ0v) is 14.8. The maximum absolute atomic E-state index is 6.11. The summed E-state index contributed by atoms with van der Waals surface area (Å²) in [5.74, 6) is 7.64. The van der Waals surface area contributed by atoms with Crippen LogP contribution in [-0.4, -0.2) is 42.8 Å². The van der Waals surface area contributed by atoms with Gasteiger partial charge < -0.3 is 16.0 Å². The van der Waals surface area contributed by atoms with E-state index in [4.69, 9.17) is 10.8 Å². The van der Waals surface area contributed by atoms with Gasteiger partial charge in [0.2, 0.25) is 0 Å². The van der Waals surface area contributed by atoms with Crippen LogP contribution >= 0.6 is 0 Å². The van der Waals surface area contributed by atoms with E-state index in [2.05, 4.69) is 37.1 Å². The molecule has 1 aliphatic heterocycles. The molecule has 0 aliphatic carbocycles. The topological polar surface area (TPSA) is 110 Å². The molecule has 134 valence electrons. The van der Waals surface area contributed by atoms with Gasteiger partial charge in [-0.3, -0.25) is 0 Å². The Morgan fingerprint density at radius 2 is 2.19 bits per heavy atom. The Kier molecular flexibility index (Phi) is 3.55. The second kappa shape index (κ2) is 6.07. The van der Waals surface area contributed by atoms with Crippen LogP contribution in [0.3, 0.4) is 0 Å². The van der Waals surface area contributed by atoms with Crippen LogP contribution in [-0.2, 0) is 0 Å². The SMILES string of the molecule is Cc1nc2ccc(C#Cc3nn(C4CCNC4)c4ncnc(N)c34)cc2[nH]1. The van der Waals surface area contributed by atoms with Crippen LogP contribution in [0.2, 0.25) is 0 Å². The first-order chi connectivity index (χ1) is 13.2. The first kappa shape index (κ1) is 15.8. The molecule has 4 heterocycles. The van der Waals surface area contributed by atoms with Crippen molar-refractivity contribution in [1.29, 1.82) is 0 Å². The van der Waals surface area contributed by atoms with Crippen LogP contribution in [0, 0.1) is 18.8 Å². The van der Waals surface area contributed by atoms with Crippen molar-refractivity contribution in [2.75, 3.05) is 18.8 Å². The van der Waals surface area contributed by atoms with Crippen LogP contribution in [0.4, 0.5) is 5.82 Å². The van der Waals surface area contributed by atoms with E-state index in [0.29, 0.717) is 11.5 Å². The van der Waals surface area contributed by atoms with Crippen molar-refractivity contribution < 1.29 is 0 Å². The smallest absolute Gasteiger partial charge is 0.164 e. The molecule has 1 aromatic carbocycles. The summed E-state index contributed by atoms with van der Waals surface area (Å²) in [5, 5.41) is 8.79. The Morgan fingerprint density at radius 1 is 1.26 bits per heavy atom. The first-order valence-corrected chi connectivity index (χ1v) is 8.87. The standard InChI is InChI=1S/C19H18N8/c1-11-24-14-4-2-12(8-16(14)25-11)3-5-15-17-18(20)22-10-23-19(17)27(26-15)13-6-7-21-9-13/h2,4,8,10,13,21H,6-7,9H2,1H3,(H,24,25)(H2,20,22,23). The second-order valence-corrected chi connectivity index (χ2v) is 6.70. The first-order valence-electron chi connectivity index (χ1n) is 8.87. The number of benzene rings is 1. The number of nitrogens with two attached hydrogens (primary N) is 1. The highest BCUT2D eigenvalue weighted by atomic mass is 15.3. The molecular formula is C19H18N8. The van der Waals surface area contributed by atoms with Crippen molar-refractivity contribution in [2.45, 2.75) is 19.4 Å². The van der Waals surface area contributed by atoms with E-state index in [1.165, 1.54) is 6.33 Å². The van der Waals surface area contributed by atoms with Gasteiger partial charge >= 0.3 is 0 Å². The lowest BCUT2D eigenvalue weighted by Crippen LogP contribution is -2.15. The number of rotatable bonds is 1. The van der Waals surface area contributed by atoms with Gasteiger partial charge in [0.25, 0.3) is 0 Å². The molecule has 8 nitrogen and oxygen atoms in total. The highest BCUT2D eigenvalue weighted by molar-refractivity contribution is 5.90. The predicted molar refractivity (Wildman–Crippen MR) is 103 cm³/mol. The molecule has 0 bridgehead atoms. The number of anilines is 1. The van der Waals surface area contributed by atoms with Gasteiger partial charge in [-0.05, 0) is 44.0 Å². The molecule has 1 unspecified atom stereocenters. The number of aromatic amines is 1. The highest BCUT2D eigenvalue weighted by Crippen LogP contribution is 2.25. The van der Waals surface area contributed by atoms with Crippen LogP contribution in [0.1, 0.15) is 29.5 Å². The molecule has 1 saturated heterocycles. The number of aryl methyl sites for hydroxylation is 1. The van der Waals surface area contributed by atoms with Crippen molar-refractivity contribution in [3.8, 4) is 11.8 Å². The van der Waals surface area contributed by atoms with Crippen molar-refractivity contribution in [3.63, 3.8) is 0 Å². The summed E-state index contributed by atoms with van der Waals surface area (Å²) in [6.07, 6.45) is 2.48. The molecule has 27 heavy (non-hydrogen) atoms. The molecule has 4 N–H and O–H groups in total. The fourth-order valence-corrected chi connectivity index (χ4v) is 3.53. The minimum atomic E-state index is 0.252. The Bertz CT molecular complexity index is 1220. The molecule has 1 aliphatic rings. The molecule has 3 aromatic heterocycles. The average molecular weight is 358 g/mol. The molecule has 5 rings (SSSR count). The Hall–Kier alpha value is -3.44.